The van der Waals surface area contributed by atoms with Gasteiger partial charge in [0.2, 0.25) is 0 Å². The lowest BCUT2D eigenvalue weighted by atomic mass is 10.0. The second kappa shape index (κ2) is 4.96. The summed E-state index contributed by atoms with van der Waals surface area (Å²) in [6, 6.07) is 6.24. The van der Waals surface area contributed by atoms with Gasteiger partial charge in [0, 0.05) is 6.54 Å². The lowest BCUT2D eigenvalue weighted by molar-refractivity contribution is 0.104. The first kappa shape index (κ1) is 12.9. The monoisotopic (exact) mass is 251 g/mol. The molecule has 0 aliphatic carbocycles. The van der Waals surface area contributed by atoms with Crippen LogP contribution in [0, 0.1) is 11.7 Å². The van der Waals surface area contributed by atoms with E-state index < -0.39 is 0 Å². The SMILES string of the molecule is CC(C)[C@H]1OC(=O)N(Cc2ccc(F)cc2)[C@@H]1C. The van der Waals surface area contributed by atoms with Gasteiger partial charge in [0.15, 0.2) is 0 Å². The lowest BCUT2D eigenvalue weighted by Crippen LogP contribution is -2.35. The van der Waals surface area contributed by atoms with Crippen LogP contribution in [0.2, 0.25) is 0 Å². The van der Waals surface area contributed by atoms with Crippen LogP contribution in [0.1, 0.15) is 26.3 Å². The van der Waals surface area contributed by atoms with E-state index >= 15 is 0 Å². The highest BCUT2D eigenvalue weighted by atomic mass is 19.1. The predicted octanol–water partition coefficient (Wildman–Crippen LogP) is 3.19. The van der Waals surface area contributed by atoms with Gasteiger partial charge in [-0.2, -0.15) is 0 Å². The number of carbonyl (C=O) groups excluding carboxylic acids is 1. The van der Waals surface area contributed by atoms with Crippen molar-refractivity contribution in [3.63, 3.8) is 0 Å². The minimum Gasteiger partial charge on any atom is -0.444 e. The normalized spacial score (nSPS) is 23.6. The standard InChI is InChI=1S/C14H18FNO2/c1-9(2)13-10(3)16(14(17)18-13)8-11-4-6-12(15)7-5-11/h4-7,9-10,13H,8H2,1-3H3/t10-,13-/m1/s1. The molecule has 4 heteroatoms. The molecule has 1 heterocycles. The maximum atomic E-state index is 12.8. The van der Waals surface area contributed by atoms with Crippen LogP contribution in [0.25, 0.3) is 0 Å². The number of benzene rings is 1. The number of cyclic esters (lactones) is 1. The van der Waals surface area contributed by atoms with Crippen molar-refractivity contribution >= 4 is 6.09 Å². The van der Waals surface area contributed by atoms with E-state index in [9.17, 15) is 9.18 Å². The molecular weight excluding hydrogens is 233 g/mol. The van der Waals surface area contributed by atoms with Crippen LogP contribution in [-0.2, 0) is 11.3 Å². The Morgan fingerprint density at radius 2 is 1.94 bits per heavy atom. The molecule has 1 aliphatic rings. The molecule has 2 rings (SSSR count). The number of amides is 1. The number of hydrogen-bond acceptors (Lipinski definition) is 2. The maximum absolute atomic E-state index is 12.8. The van der Waals surface area contributed by atoms with Gasteiger partial charge in [-0.25, -0.2) is 9.18 Å². The molecule has 1 amide bonds. The Labute approximate surface area is 107 Å². The largest absolute Gasteiger partial charge is 0.444 e. The summed E-state index contributed by atoms with van der Waals surface area (Å²) in [5.74, 6) is 0.0259. The first-order chi connectivity index (χ1) is 8.49. The molecule has 0 spiro atoms. The minimum atomic E-state index is -0.287. The van der Waals surface area contributed by atoms with E-state index in [1.807, 2.05) is 20.8 Å². The summed E-state index contributed by atoms with van der Waals surface area (Å²) < 4.78 is 18.2. The zero-order valence-electron chi connectivity index (χ0n) is 10.9. The first-order valence-corrected chi connectivity index (χ1v) is 6.20. The highest BCUT2D eigenvalue weighted by Gasteiger charge is 2.39. The molecule has 0 unspecified atom stereocenters. The summed E-state index contributed by atoms with van der Waals surface area (Å²) >= 11 is 0. The first-order valence-electron chi connectivity index (χ1n) is 6.20. The van der Waals surface area contributed by atoms with Crippen molar-refractivity contribution in [3.8, 4) is 0 Å². The van der Waals surface area contributed by atoms with Gasteiger partial charge < -0.3 is 4.74 Å². The molecule has 0 bridgehead atoms. The second-order valence-electron chi connectivity index (χ2n) is 5.09. The molecule has 18 heavy (non-hydrogen) atoms. The third kappa shape index (κ3) is 2.47. The van der Waals surface area contributed by atoms with Crippen molar-refractivity contribution in [3.05, 3.63) is 35.6 Å². The molecule has 2 atom stereocenters. The Bertz CT molecular complexity index is 430. The average Bonchev–Trinajstić information content (AvgIpc) is 2.60. The molecule has 0 radical (unpaired) electrons. The third-order valence-corrected chi connectivity index (χ3v) is 3.36. The molecule has 0 aromatic heterocycles. The Balaban J connectivity index is 2.09. The van der Waals surface area contributed by atoms with Crippen molar-refractivity contribution in [2.75, 3.05) is 0 Å². The highest BCUT2D eigenvalue weighted by Crippen LogP contribution is 2.26. The van der Waals surface area contributed by atoms with Crippen LogP contribution in [0.15, 0.2) is 24.3 Å². The van der Waals surface area contributed by atoms with Crippen LogP contribution >= 0.6 is 0 Å². The zero-order valence-corrected chi connectivity index (χ0v) is 10.9. The summed E-state index contributed by atoms with van der Waals surface area (Å²) in [5.41, 5.74) is 0.907. The number of halogens is 1. The van der Waals surface area contributed by atoms with Crippen LogP contribution in [0.3, 0.4) is 0 Å². The van der Waals surface area contributed by atoms with E-state index in [4.69, 9.17) is 4.74 Å². The minimum absolute atomic E-state index is 0.0440. The maximum Gasteiger partial charge on any atom is 0.410 e. The van der Waals surface area contributed by atoms with E-state index in [2.05, 4.69) is 0 Å². The Hall–Kier alpha value is -1.58. The van der Waals surface area contributed by atoms with Gasteiger partial charge in [-0.1, -0.05) is 26.0 Å². The zero-order chi connectivity index (χ0) is 13.3. The Morgan fingerprint density at radius 1 is 1.33 bits per heavy atom. The summed E-state index contributed by atoms with van der Waals surface area (Å²) in [6.45, 7) is 6.52. The lowest BCUT2D eigenvalue weighted by Gasteiger charge is -2.22. The van der Waals surface area contributed by atoms with E-state index in [1.54, 1.807) is 17.0 Å². The topological polar surface area (TPSA) is 29.5 Å². The molecule has 0 N–H and O–H groups in total. The van der Waals surface area contributed by atoms with Crippen molar-refractivity contribution in [1.29, 1.82) is 0 Å². The fraction of sp³-hybridized carbons (Fsp3) is 0.500. The highest BCUT2D eigenvalue weighted by molar-refractivity contribution is 5.70. The molecule has 0 saturated carbocycles. The van der Waals surface area contributed by atoms with Crippen LogP contribution in [-0.4, -0.2) is 23.1 Å². The van der Waals surface area contributed by atoms with E-state index in [0.29, 0.717) is 12.5 Å². The van der Waals surface area contributed by atoms with Gasteiger partial charge in [0.25, 0.3) is 0 Å². The predicted molar refractivity (Wildman–Crippen MR) is 66.5 cm³/mol. The quantitative estimate of drug-likeness (QED) is 0.825. The molecular formula is C14H18FNO2. The van der Waals surface area contributed by atoms with Crippen molar-refractivity contribution in [2.45, 2.75) is 39.5 Å². The number of nitrogens with zero attached hydrogens (tertiary/aromatic N) is 1. The molecule has 1 fully saturated rings. The van der Waals surface area contributed by atoms with E-state index in [1.165, 1.54) is 12.1 Å². The average molecular weight is 251 g/mol. The van der Waals surface area contributed by atoms with Crippen molar-refractivity contribution in [2.24, 2.45) is 5.92 Å². The van der Waals surface area contributed by atoms with Gasteiger partial charge in [-0.3, -0.25) is 4.90 Å². The second-order valence-corrected chi connectivity index (χ2v) is 5.09. The fourth-order valence-corrected chi connectivity index (χ4v) is 2.31. The van der Waals surface area contributed by atoms with Gasteiger partial charge >= 0.3 is 6.09 Å². The molecule has 98 valence electrons. The van der Waals surface area contributed by atoms with Gasteiger partial charge in [-0.15, -0.1) is 0 Å². The number of carbonyl (C=O) groups is 1. The summed E-state index contributed by atoms with van der Waals surface area (Å²) in [7, 11) is 0. The summed E-state index contributed by atoms with van der Waals surface area (Å²) in [6.07, 6.45) is -0.358. The Kier molecular flexibility index (Phi) is 3.55. The fourth-order valence-electron chi connectivity index (χ4n) is 2.31. The number of rotatable bonds is 3. The smallest absolute Gasteiger partial charge is 0.410 e. The molecule has 1 aromatic rings. The summed E-state index contributed by atoms with van der Waals surface area (Å²) in [4.78, 5) is 13.5. The van der Waals surface area contributed by atoms with Crippen LogP contribution in [0.4, 0.5) is 9.18 Å². The van der Waals surface area contributed by atoms with Gasteiger partial charge in [0.05, 0.1) is 6.04 Å². The van der Waals surface area contributed by atoms with E-state index in [0.717, 1.165) is 5.56 Å². The van der Waals surface area contributed by atoms with Crippen LogP contribution < -0.4 is 0 Å². The Morgan fingerprint density at radius 3 is 2.44 bits per heavy atom. The number of ether oxygens (including phenoxy) is 1. The van der Waals surface area contributed by atoms with Gasteiger partial charge in [-0.05, 0) is 30.5 Å². The molecule has 3 nitrogen and oxygen atoms in total. The summed E-state index contributed by atoms with van der Waals surface area (Å²) in [5, 5.41) is 0. The van der Waals surface area contributed by atoms with Crippen molar-refractivity contribution < 1.29 is 13.9 Å². The molecule has 1 saturated heterocycles. The molecule has 1 aliphatic heterocycles. The van der Waals surface area contributed by atoms with Crippen molar-refractivity contribution in [1.82, 2.24) is 4.90 Å². The van der Waals surface area contributed by atoms with Crippen LogP contribution in [0.5, 0.6) is 0 Å². The number of hydrogen-bond donors (Lipinski definition) is 0. The third-order valence-electron chi connectivity index (χ3n) is 3.36. The van der Waals surface area contributed by atoms with Gasteiger partial charge in [0.1, 0.15) is 11.9 Å². The van der Waals surface area contributed by atoms with E-state index in [-0.39, 0.29) is 24.1 Å². The molecule has 1 aromatic carbocycles.